The van der Waals surface area contributed by atoms with E-state index in [0.29, 0.717) is 31.0 Å². The van der Waals surface area contributed by atoms with E-state index >= 15 is 0 Å². The third-order valence-electron chi connectivity index (χ3n) is 7.16. The van der Waals surface area contributed by atoms with Gasteiger partial charge in [-0.05, 0) is 84.9 Å². The third-order valence-corrected chi connectivity index (χ3v) is 7.39. The van der Waals surface area contributed by atoms with E-state index in [2.05, 4.69) is 6.07 Å². The van der Waals surface area contributed by atoms with Gasteiger partial charge in [-0.3, -0.25) is 9.59 Å². The van der Waals surface area contributed by atoms with Crippen molar-refractivity contribution >= 4 is 29.4 Å². The average molecular weight is 498 g/mol. The van der Waals surface area contributed by atoms with Gasteiger partial charge < -0.3 is 14.7 Å². The molecule has 2 aromatic carbocycles. The number of ether oxygens (including phenoxy) is 1. The van der Waals surface area contributed by atoms with Gasteiger partial charge in [0.15, 0.2) is 0 Å². The molecule has 2 aromatic rings. The maximum Gasteiger partial charge on any atom is 0.410 e. The summed E-state index contributed by atoms with van der Waals surface area (Å²) in [7, 11) is 0. The van der Waals surface area contributed by atoms with Gasteiger partial charge in [0.05, 0.1) is 0 Å². The molecule has 1 aliphatic heterocycles. The number of nitrogens with zero attached hydrogens (tertiary/aromatic N) is 1. The van der Waals surface area contributed by atoms with Gasteiger partial charge in [0.25, 0.3) is 0 Å². The molecular formula is C28H32ClNO5. The van der Waals surface area contributed by atoms with E-state index in [1.165, 1.54) is 5.56 Å². The minimum absolute atomic E-state index is 0.133. The molecule has 7 heteroatoms. The molecule has 0 spiro atoms. The topological polar surface area (TPSA) is 83.9 Å². The summed E-state index contributed by atoms with van der Waals surface area (Å²) in [5.41, 5.74) is 5.28. The second kappa shape index (κ2) is 11.3. The molecular weight excluding hydrogens is 466 g/mol. The van der Waals surface area contributed by atoms with Crippen LogP contribution in [-0.2, 0) is 40.1 Å². The minimum Gasteiger partial charge on any atom is -0.481 e. The monoisotopic (exact) mass is 497 g/mol. The van der Waals surface area contributed by atoms with Crippen molar-refractivity contribution in [2.75, 3.05) is 6.54 Å². The van der Waals surface area contributed by atoms with E-state index in [9.17, 15) is 14.4 Å². The van der Waals surface area contributed by atoms with Crippen molar-refractivity contribution < 1.29 is 24.2 Å². The van der Waals surface area contributed by atoms with Crippen molar-refractivity contribution in [3.05, 3.63) is 69.2 Å². The van der Waals surface area contributed by atoms with Gasteiger partial charge in [-0.15, -0.1) is 0 Å². The molecule has 0 radical (unpaired) electrons. The fourth-order valence-corrected chi connectivity index (χ4v) is 5.38. The number of halogens is 1. The highest BCUT2D eigenvalue weighted by molar-refractivity contribution is 6.30. The number of hydrogen-bond acceptors (Lipinski definition) is 4. The first-order valence-corrected chi connectivity index (χ1v) is 12.7. The van der Waals surface area contributed by atoms with Crippen molar-refractivity contribution in [2.45, 2.75) is 70.9 Å². The fraction of sp³-hybridized carbons (Fsp3) is 0.464. The number of aliphatic carboxylic acids is 1. The zero-order valence-corrected chi connectivity index (χ0v) is 20.9. The number of carbonyl (C=O) groups excluding carboxylic acids is 2. The molecule has 186 valence electrons. The molecule has 6 nitrogen and oxygen atoms in total. The number of carboxylic acids is 1. The van der Waals surface area contributed by atoms with Crippen LogP contribution in [0.25, 0.3) is 0 Å². The van der Waals surface area contributed by atoms with E-state index in [1.807, 2.05) is 37.3 Å². The van der Waals surface area contributed by atoms with E-state index in [1.54, 1.807) is 4.90 Å². The van der Waals surface area contributed by atoms with E-state index in [-0.39, 0.29) is 30.3 Å². The SMILES string of the molecule is Cc1cc(Cl)ccc1CC(=O)Cc1ccc2c(c1)CCN(C(=O)OC1CCC(CC(=O)O)CC1)C2. The maximum absolute atomic E-state index is 12.7. The van der Waals surface area contributed by atoms with Crippen molar-refractivity contribution in [3.63, 3.8) is 0 Å². The highest BCUT2D eigenvalue weighted by atomic mass is 35.5. The fourth-order valence-electron chi connectivity index (χ4n) is 5.15. The van der Waals surface area contributed by atoms with Crippen LogP contribution in [0.15, 0.2) is 36.4 Å². The number of carbonyl (C=O) groups is 3. The van der Waals surface area contributed by atoms with E-state index < -0.39 is 5.97 Å². The number of hydrogen-bond donors (Lipinski definition) is 1. The highest BCUT2D eigenvalue weighted by Gasteiger charge is 2.28. The highest BCUT2D eigenvalue weighted by Crippen LogP contribution is 2.29. The lowest BCUT2D eigenvalue weighted by molar-refractivity contribution is -0.138. The molecule has 0 saturated heterocycles. The summed E-state index contributed by atoms with van der Waals surface area (Å²) in [6.45, 7) is 3.05. The normalized spacial score (nSPS) is 19.7. The molecule has 1 heterocycles. The van der Waals surface area contributed by atoms with Gasteiger partial charge in [0, 0.05) is 37.4 Å². The molecule has 0 atom stereocenters. The Kier molecular flexibility index (Phi) is 8.11. The second-order valence-corrected chi connectivity index (χ2v) is 10.3. The lowest BCUT2D eigenvalue weighted by Crippen LogP contribution is -2.39. The van der Waals surface area contributed by atoms with Crippen LogP contribution in [-0.4, -0.2) is 40.5 Å². The lowest BCUT2D eigenvalue weighted by Gasteiger charge is -2.32. The molecule has 0 aromatic heterocycles. The van der Waals surface area contributed by atoms with Crippen LogP contribution in [0.5, 0.6) is 0 Å². The molecule has 1 amide bonds. The Hall–Kier alpha value is -2.86. The number of aryl methyl sites for hydroxylation is 1. The van der Waals surface area contributed by atoms with E-state index in [4.69, 9.17) is 21.4 Å². The van der Waals surface area contributed by atoms with Gasteiger partial charge in [0.1, 0.15) is 11.9 Å². The smallest absolute Gasteiger partial charge is 0.410 e. The first kappa shape index (κ1) is 25.2. The van der Waals surface area contributed by atoms with Crippen molar-refractivity contribution in [1.82, 2.24) is 4.90 Å². The quantitative estimate of drug-likeness (QED) is 0.543. The van der Waals surface area contributed by atoms with Gasteiger partial charge in [-0.1, -0.05) is 35.9 Å². The molecule has 1 saturated carbocycles. The minimum atomic E-state index is -0.762. The number of ketones is 1. The van der Waals surface area contributed by atoms with Crippen molar-refractivity contribution in [2.24, 2.45) is 5.92 Å². The largest absolute Gasteiger partial charge is 0.481 e. The Labute approximate surface area is 211 Å². The summed E-state index contributed by atoms with van der Waals surface area (Å²) in [6.07, 6.45) is 4.28. The summed E-state index contributed by atoms with van der Waals surface area (Å²) in [4.78, 5) is 38.0. The van der Waals surface area contributed by atoms with Gasteiger partial charge in [-0.2, -0.15) is 0 Å². The number of carboxylic acid groups (broad SMARTS) is 1. The maximum atomic E-state index is 12.7. The van der Waals surface area contributed by atoms with Crippen LogP contribution in [0.3, 0.4) is 0 Å². The van der Waals surface area contributed by atoms with Crippen molar-refractivity contribution in [3.8, 4) is 0 Å². The Morgan fingerprint density at radius 1 is 1.03 bits per heavy atom. The summed E-state index contributed by atoms with van der Waals surface area (Å²) in [6, 6.07) is 11.7. The Morgan fingerprint density at radius 3 is 2.51 bits per heavy atom. The van der Waals surface area contributed by atoms with E-state index in [0.717, 1.165) is 54.4 Å². The zero-order chi connectivity index (χ0) is 24.9. The number of benzene rings is 2. The molecule has 4 rings (SSSR count). The predicted octanol–water partition coefficient (Wildman–Crippen LogP) is 5.53. The lowest BCUT2D eigenvalue weighted by atomic mass is 9.85. The Morgan fingerprint density at radius 2 is 1.80 bits per heavy atom. The summed E-state index contributed by atoms with van der Waals surface area (Å²) < 4.78 is 5.74. The first-order valence-electron chi connectivity index (χ1n) is 12.3. The van der Waals surface area contributed by atoms with Gasteiger partial charge in [-0.25, -0.2) is 4.79 Å². The van der Waals surface area contributed by atoms with Crippen molar-refractivity contribution in [1.29, 1.82) is 0 Å². The summed E-state index contributed by atoms with van der Waals surface area (Å²) >= 11 is 6.01. The number of amides is 1. The standard InChI is InChI=1S/C28H32ClNO5/c1-18-12-24(29)7-6-21(18)16-25(31)14-20-2-5-23-17-30(11-10-22(23)13-20)28(34)35-26-8-3-19(4-9-26)15-27(32)33/h2,5-7,12-13,19,26H,3-4,8-11,14-17H2,1H3,(H,32,33). The van der Waals surface area contributed by atoms with Gasteiger partial charge in [0.2, 0.25) is 0 Å². The van der Waals surface area contributed by atoms with Crippen LogP contribution in [0.1, 0.15) is 59.9 Å². The second-order valence-electron chi connectivity index (χ2n) is 9.86. The summed E-state index contributed by atoms with van der Waals surface area (Å²) in [5.74, 6) is -0.420. The summed E-state index contributed by atoms with van der Waals surface area (Å²) in [5, 5.41) is 9.63. The molecule has 1 N–H and O–H groups in total. The van der Waals surface area contributed by atoms with Gasteiger partial charge >= 0.3 is 12.1 Å². The van der Waals surface area contributed by atoms with Crippen LogP contribution < -0.4 is 0 Å². The molecule has 1 fully saturated rings. The third kappa shape index (κ3) is 6.85. The predicted molar refractivity (Wildman–Crippen MR) is 134 cm³/mol. The van der Waals surface area contributed by atoms with Crippen LogP contribution in [0.4, 0.5) is 4.79 Å². The molecule has 35 heavy (non-hydrogen) atoms. The number of fused-ring (bicyclic) bond motifs is 1. The van der Waals surface area contributed by atoms with Crippen LogP contribution in [0, 0.1) is 12.8 Å². The number of Topliss-reactive ketones (excluding diaryl/α,β-unsaturated/α-hetero) is 1. The first-order chi connectivity index (χ1) is 16.8. The molecule has 0 unspecified atom stereocenters. The Balaban J connectivity index is 1.28. The number of rotatable bonds is 7. The molecule has 2 aliphatic rings. The average Bonchev–Trinajstić information content (AvgIpc) is 2.81. The molecule has 1 aliphatic carbocycles. The Bertz CT molecular complexity index is 1110. The van der Waals surface area contributed by atoms with Crippen LogP contribution >= 0.6 is 11.6 Å². The van der Waals surface area contributed by atoms with Crippen LogP contribution in [0.2, 0.25) is 5.02 Å². The zero-order valence-electron chi connectivity index (χ0n) is 20.1. The molecule has 0 bridgehead atoms.